The Bertz CT molecular complexity index is 1190. The van der Waals surface area contributed by atoms with Gasteiger partial charge in [0, 0.05) is 27.8 Å². The summed E-state index contributed by atoms with van der Waals surface area (Å²) >= 11 is 1.58. The number of thiophene rings is 1. The van der Waals surface area contributed by atoms with E-state index in [1.165, 1.54) is 0 Å². The third kappa shape index (κ3) is 4.62. The van der Waals surface area contributed by atoms with Crippen LogP contribution in [0.5, 0.6) is 5.75 Å². The highest BCUT2D eigenvalue weighted by atomic mass is 32.1. The average Bonchev–Trinajstić information content (AvgIpc) is 3.06. The Labute approximate surface area is 186 Å². The van der Waals surface area contributed by atoms with Gasteiger partial charge in [-0.25, -0.2) is 0 Å². The molecule has 3 N–H and O–H groups in total. The lowest BCUT2D eigenvalue weighted by Crippen LogP contribution is -2.17. The Morgan fingerprint density at radius 1 is 0.903 bits per heavy atom. The molecule has 4 rings (SSSR count). The first-order valence-corrected chi connectivity index (χ1v) is 10.9. The van der Waals surface area contributed by atoms with Crippen LogP contribution >= 0.6 is 11.3 Å². The minimum absolute atomic E-state index is 0.132. The van der Waals surface area contributed by atoms with E-state index in [-0.39, 0.29) is 17.7 Å². The number of phenols is 1. The predicted octanol–water partition coefficient (Wildman–Crippen LogP) is 6.52. The van der Waals surface area contributed by atoms with Gasteiger partial charge < -0.3 is 15.7 Å². The highest BCUT2D eigenvalue weighted by Crippen LogP contribution is 2.41. The van der Waals surface area contributed by atoms with E-state index in [2.05, 4.69) is 36.6 Å². The molecule has 0 unspecified atom stereocenters. The second kappa shape index (κ2) is 9.06. The molecule has 1 amide bonds. The molecule has 0 fully saturated rings. The van der Waals surface area contributed by atoms with Gasteiger partial charge >= 0.3 is 0 Å². The molecule has 0 saturated heterocycles. The first-order valence-electron chi connectivity index (χ1n) is 10.1. The standard InChI is InChI=1S/C26H24N2O2S/c1-17-18(2)31-26(28-25(30)20-12-7-4-8-13-20)23(17)24(19-10-5-3-6-11-19)27-21-14-9-15-22(29)16-21/h3-16,24,27,29H,1-2H3,(H,28,30)/t24-/m1/s1. The number of anilines is 2. The third-order valence-electron chi connectivity index (χ3n) is 5.27. The van der Waals surface area contributed by atoms with Gasteiger partial charge in [0.1, 0.15) is 10.8 Å². The van der Waals surface area contributed by atoms with Crippen LogP contribution in [0.3, 0.4) is 0 Å². The summed E-state index contributed by atoms with van der Waals surface area (Å²) < 4.78 is 0. The van der Waals surface area contributed by atoms with Crippen LogP contribution in [0.4, 0.5) is 10.7 Å². The van der Waals surface area contributed by atoms with Crippen molar-refractivity contribution in [1.82, 2.24) is 0 Å². The molecular weight excluding hydrogens is 404 g/mol. The highest BCUT2D eigenvalue weighted by molar-refractivity contribution is 7.16. The van der Waals surface area contributed by atoms with Crippen molar-refractivity contribution in [2.24, 2.45) is 0 Å². The van der Waals surface area contributed by atoms with Gasteiger partial charge in [0.05, 0.1) is 6.04 Å². The zero-order valence-electron chi connectivity index (χ0n) is 17.4. The molecule has 31 heavy (non-hydrogen) atoms. The summed E-state index contributed by atoms with van der Waals surface area (Å²) in [5, 5.41) is 17.4. The van der Waals surface area contributed by atoms with Crippen LogP contribution in [-0.4, -0.2) is 11.0 Å². The monoisotopic (exact) mass is 428 g/mol. The van der Waals surface area contributed by atoms with Gasteiger partial charge in [-0.2, -0.15) is 0 Å². The third-order valence-corrected chi connectivity index (χ3v) is 6.41. The molecule has 1 atom stereocenters. The largest absolute Gasteiger partial charge is 0.508 e. The van der Waals surface area contributed by atoms with E-state index in [0.29, 0.717) is 5.56 Å². The predicted molar refractivity (Wildman–Crippen MR) is 128 cm³/mol. The molecule has 4 aromatic rings. The van der Waals surface area contributed by atoms with Crippen molar-refractivity contribution in [2.75, 3.05) is 10.6 Å². The Morgan fingerprint density at radius 3 is 2.26 bits per heavy atom. The first-order chi connectivity index (χ1) is 15.0. The van der Waals surface area contributed by atoms with Gasteiger partial charge in [-0.15, -0.1) is 11.3 Å². The molecule has 0 spiro atoms. The summed E-state index contributed by atoms with van der Waals surface area (Å²) in [5.74, 6) is 0.0694. The number of carbonyl (C=O) groups is 1. The van der Waals surface area contributed by atoms with Crippen LogP contribution in [0.25, 0.3) is 0 Å². The lowest BCUT2D eigenvalue weighted by atomic mass is 9.96. The number of aromatic hydroxyl groups is 1. The lowest BCUT2D eigenvalue weighted by molar-refractivity contribution is 0.102. The summed E-state index contributed by atoms with van der Waals surface area (Å²) in [6, 6.07) is 26.2. The fraction of sp³-hybridized carbons (Fsp3) is 0.115. The zero-order valence-corrected chi connectivity index (χ0v) is 18.2. The van der Waals surface area contributed by atoms with Crippen molar-refractivity contribution in [3.8, 4) is 5.75 Å². The summed E-state index contributed by atoms with van der Waals surface area (Å²) in [5.41, 5.74) is 4.66. The Balaban J connectivity index is 1.76. The fourth-order valence-electron chi connectivity index (χ4n) is 3.58. The normalized spacial score (nSPS) is 11.7. The zero-order chi connectivity index (χ0) is 21.8. The molecule has 3 aromatic carbocycles. The molecule has 5 heteroatoms. The number of nitrogens with one attached hydrogen (secondary N) is 2. The van der Waals surface area contributed by atoms with Crippen LogP contribution in [0.2, 0.25) is 0 Å². The fourth-order valence-corrected chi connectivity index (χ4v) is 4.67. The number of phenolic OH excluding ortho intramolecular Hbond substituents is 1. The van der Waals surface area contributed by atoms with Crippen LogP contribution in [0, 0.1) is 13.8 Å². The van der Waals surface area contributed by atoms with Gasteiger partial charge in [0.25, 0.3) is 5.91 Å². The maximum Gasteiger partial charge on any atom is 0.256 e. The van der Waals surface area contributed by atoms with Crippen LogP contribution < -0.4 is 10.6 Å². The molecule has 0 bridgehead atoms. The van der Waals surface area contributed by atoms with E-state index in [1.54, 1.807) is 23.5 Å². The molecule has 156 valence electrons. The van der Waals surface area contributed by atoms with E-state index in [9.17, 15) is 9.90 Å². The van der Waals surface area contributed by atoms with Crippen molar-refractivity contribution in [2.45, 2.75) is 19.9 Å². The van der Waals surface area contributed by atoms with E-state index < -0.39 is 0 Å². The van der Waals surface area contributed by atoms with Gasteiger partial charge in [-0.1, -0.05) is 54.6 Å². The summed E-state index contributed by atoms with van der Waals surface area (Å²) in [7, 11) is 0. The van der Waals surface area contributed by atoms with Crippen molar-refractivity contribution in [1.29, 1.82) is 0 Å². The van der Waals surface area contributed by atoms with Crippen LogP contribution in [-0.2, 0) is 0 Å². The van der Waals surface area contributed by atoms with Gasteiger partial charge in [-0.05, 0) is 49.2 Å². The Morgan fingerprint density at radius 2 is 1.58 bits per heavy atom. The van der Waals surface area contributed by atoms with Gasteiger partial charge in [-0.3, -0.25) is 4.79 Å². The SMILES string of the molecule is Cc1sc(NC(=O)c2ccccc2)c([C@H](Nc2cccc(O)c2)c2ccccc2)c1C. The van der Waals surface area contributed by atoms with Gasteiger partial charge in [0.2, 0.25) is 0 Å². The summed E-state index contributed by atoms with van der Waals surface area (Å²) in [4.78, 5) is 14.0. The first kappa shape index (κ1) is 20.7. The second-order valence-electron chi connectivity index (χ2n) is 7.38. The number of amides is 1. The smallest absolute Gasteiger partial charge is 0.256 e. The number of benzene rings is 3. The van der Waals surface area contributed by atoms with Crippen LogP contribution in [0.15, 0.2) is 84.9 Å². The second-order valence-corrected chi connectivity index (χ2v) is 8.61. The molecule has 0 saturated carbocycles. The molecule has 0 aliphatic heterocycles. The van der Waals surface area contributed by atoms with E-state index in [0.717, 1.165) is 32.3 Å². The number of carbonyl (C=O) groups excluding carboxylic acids is 1. The Hall–Kier alpha value is -3.57. The molecule has 0 radical (unpaired) electrons. The molecular formula is C26H24N2O2S. The van der Waals surface area contributed by atoms with Crippen molar-refractivity contribution in [3.63, 3.8) is 0 Å². The van der Waals surface area contributed by atoms with E-state index in [1.807, 2.05) is 60.7 Å². The summed E-state index contributed by atoms with van der Waals surface area (Å²) in [6.07, 6.45) is 0. The maximum atomic E-state index is 12.9. The van der Waals surface area contributed by atoms with Crippen molar-refractivity contribution in [3.05, 3.63) is 112 Å². The maximum absolute atomic E-state index is 12.9. The average molecular weight is 429 g/mol. The number of rotatable bonds is 6. The molecule has 4 nitrogen and oxygen atoms in total. The van der Waals surface area contributed by atoms with Crippen molar-refractivity contribution >= 4 is 27.9 Å². The quantitative estimate of drug-likeness (QED) is 0.327. The molecule has 0 aliphatic rings. The van der Waals surface area contributed by atoms with Gasteiger partial charge in [0.15, 0.2) is 0 Å². The minimum atomic E-state index is -0.195. The van der Waals surface area contributed by atoms with E-state index in [4.69, 9.17) is 0 Å². The van der Waals surface area contributed by atoms with Crippen molar-refractivity contribution < 1.29 is 9.90 Å². The molecule has 1 heterocycles. The number of aryl methyl sites for hydroxylation is 1. The topological polar surface area (TPSA) is 61.4 Å². The summed E-state index contributed by atoms with van der Waals surface area (Å²) in [6.45, 7) is 4.15. The minimum Gasteiger partial charge on any atom is -0.508 e. The molecule has 0 aliphatic carbocycles. The van der Waals surface area contributed by atoms with E-state index >= 15 is 0 Å². The van der Waals surface area contributed by atoms with Crippen LogP contribution in [0.1, 0.15) is 38.0 Å². The number of hydrogen-bond acceptors (Lipinski definition) is 4. The molecule has 1 aromatic heterocycles. The Kier molecular flexibility index (Phi) is 6.05. The lowest BCUT2D eigenvalue weighted by Gasteiger charge is -2.23. The number of hydrogen-bond donors (Lipinski definition) is 3. The highest BCUT2D eigenvalue weighted by Gasteiger charge is 2.25.